The van der Waals surface area contributed by atoms with Gasteiger partial charge in [0.2, 0.25) is 0 Å². The number of ether oxygens (including phenoxy) is 1. The van der Waals surface area contributed by atoms with Crippen LogP contribution in [0.25, 0.3) is 22.6 Å². The maximum atomic E-state index is 12.3. The highest BCUT2D eigenvalue weighted by Gasteiger charge is 2.22. The first-order chi connectivity index (χ1) is 13.8. The van der Waals surface area contributed by atoms with E-state index >= 15 is 0 Å². The quantitative estimate of drug-likeness (QED) is 0.362. The van der Waals surface area contributed by atoms with E-state index < -0.39 is 15.8 Å². The number of aromatic nitrogens is 2. The maximum absolute atomic E-state index is 12.3. The molecular weight excluding hydrogens is 380 g/mol. The first-order valence-electron chi connectivity index (χ1n) is 8.28. The summed E-state index contributed by atoms with van der Waals surface area (Å²) in [7, 11) is 1.23. The number of nitrogens with zero attached hydrogens (tertiary/aromatic N) is 4. The van der Waals surface area contributed by atoms with Crippen molar-refractivity contribution in [2.75, 3.05) is 7.11 Å². The number of methoxy groups -OCH3 is 1. The van der Waals surface area contributed by atoms with Crippen molar-refractivity contribution in [2.24, 2.45) is 0 Å². The first kappa shape index (κ1) is 19.5. The molecule has 0 amide bonds. The smallest absolute Gasteiger partial charge is 0.341 e. The number of hydrogen-bond donors (Lipinski definition) is 0. The molecule has 1 aromatic heterocycles. The van der Waals surface area contributed by atoms with Gasteiger partial charge in [-0.2, -0.15) is 0 Å². The summed E-state index contributed by atoms with van der Waals surface area (Å²) in [5.41, 5.74) is 1.51. The van der Waals surface area contributed by atoms with E-state index in [1.165, 1.54) is 55.6 Å². The van der Waals surface area contributed by atoms with Crippen molar-refractivity contribution in [3.8, 4) is 22.6 Å². The molecule has 0 saturated heterocycles. The Kier molecular flexibility index (Phi) is 5.26. The molecule has 146 valence electrons. The van der Waals surface area contributed by atoms with Gasteiger partial charge in [0.25, 0.3) is 11.4 Å². The molecular formula is C19H14N4O6. The molecule has 10 nitrogen and oxygen atoms in total. The maximum Gasteiger partial charge on any atom is 0.341 e. The third-order valence-corrected chi connectivity index (χ3v) is 4.17. The van der Waals surface area contributed by atoms with Crippen molar-refractivity contribution < 1.29 is 19.4 Å². The van der Waals surface area contributed by atoms with Crippen LogP contribution in [0.5, 0.6) is 0 Å². The minimum Gasteiger partial charge on any atom is -0.465 e. The standard InChI is InChI=1S/C19H14N4O6/c1-11-16(19(24)29-2)17(12-3-7-14(8-4-12)22(25)26)21-18(20-11)13-5-9-15(10-6-13)23(27)28/h3-10H,1-2H3. The van der Waals surface area contributed by atoms with Gasteiger partial charge in [0, 0.05) is 35.4 Å². The van der Waals surface area contributed by atoms with Gasteiger partial charge in [-0.05, 0) is 31.2 Å². The lowest BCUT2D eigenvalue weighted by Crippen LogP contribution is -2.11. The molecule has 0 saturated carbocycles. The molecule has 3 aromatic rings. The number of nitro groups is 2. The van der Waals surface area contributed by atoms with Crippen molar-refractivity contribution in [3.63, 3.8) is 0 Å². The fourth-order valence-electron chi connectivity index (χ4n) is 2.73. The Morgan fingerprint density at radius 1 is 0.862 bits per heavy atom. The molecule has 0 radical (unpaired) electrons. The normalized spacial score (nSPS) is 10.4. The zero-order valence-electron chi connectivity index (χ0n) is 15.4. The van der Waals surface area contributed by atoms with Gasteiger partial charge in [-0.1, -0.05) is 0 Å². The molecule has 0 unspecified atom stereocenters. The largest absolute Gasteiger partial charge is 0.465 e. The van der Waals surface area contributed by atoms with Gasteiger partial charge in [-0.25, -0.2) is 14.8 Å². The van der Waals surface area contributed by atoms with Gasteiger partial charge in [0.05, 0.1) is 28.3 Å². The summed E-state index contributed by atoms with van der Waals surface area (Å²) in [6, 6.07) is 11.2. The molecule has 1 heterocycles. The van der Waals surface area contributed by atoms with E-state index in [-0.39, 0.29) is 28.5 Å². The number of benzene rings is 2. The second-order valence-electron chi connectivity index (χ2n) is 5.96. The van der Waals surface area contributed by atoms with Gasteiger partial charge >= 0.3 is 5.97 Å². The summed E-state index contributed by atoms with van der Waals surface area (Å²) >= 11 is 0. The third kappa shape index (κ3) is 3.90. The minimum atomic E-state index is -0.647. The molecule has 0 spiro atoms. The number of hydrogen-bond acceptors (Lipinski definition) is 8. The first-order valence-corrected chi connectivity index (χ1v) is 8.28. The van der Waals surface area contributed by atoms with E-state index in [1.54, 1.807) is 6.92 Å². The van der Waals surface area contributed by atoms with E-state index in [0.29, 0.717) is 16.8 Å². The fourth-order valence-corrected chi connectivity index (χ4v) is 2.73. The SMILES string of the molecule is COC(=O)c1c(C)nc(-c2ccc([N+](=O)[O-])cc2)nc1-c1ccc([N+](=O)[O-])cc1. The second-order valence-corrected chi connectivity index (χ2v) is 5.96. The summed E-state index contributed by atoms with van der Waals surface area (Å²) in [4.78, 5) is 41.8. The Bertz CT molecular complexity index is 1110. The Morgan fingerprint density at radius 2 is 1.34 bits per heavy atom. The van der Waals surface area contributed by atoms with Crippen LogP contribution in [0.15, 0.2) is 48.5 Å². The minimum absolute atomic E-state index is 0.0766. The van der Waals surface area contributed by atoms with Crippen LogP contribution in [0.3, 0.4) is 0 Å². The Hall–Kier alpha value is -4.21. The van der Waals surface area contributed by atoms with E-state index in [1.807, 2.05) is 0 Å². The van der Waals surface area contributed by atoms with Gasteiger partial charge in [0.15, 0.2) is 5.82 Å². The molecule has 0 bridgehead atoms. The molecule has 0 aliphatic rings. The molecule has 10 heteroatoms. The molecule has 0 aliphatic heterocycles. The van der Waals surface area contributed by atoms with Crippen LogP contribution in [0, 0.1) is 27.2 Å². The van der Waals surface area contributed by atoms with E-state index in [0.717, 1.165) is 0 Å². The zero-order chi connectivity index (χ0) is 21.1. The molecule has 0 fully saturated rings. The Morgan fingerprint density at radius 3 is 1.79 bits per heavy atom. The molecule has 2 aromatic carbocycles. The lowest BCUT2D eigenvalue weighted by molar-refractivity contribution is -0.385. The fraction of sp³-hybridized carbons (Fsp3) is 0.105. The average Bonchev–Trinajstić information content (AvgIpc) is 2.72. The predicted octanol–water partition coefficient (Wildman–Crippen LogP) is 3.72. The zero-order valence-corrected chi connectivity index (χ0v) is 15.4. The summed E-state index contributed by atoms with van der Waals surface area (Å²) in [6.45, 7) is 1.61. The van der Waals surface area contributed by atoms with Crippen LogP contribution in [0.1, 0.15) is 16.1 Å². The number of esters is 1. The van der Waals surface area contributed by atoms with Crippen LogP contribution >= 0.6 is 0 Å². The summed E-state index contributed by atoms with van der Waals surface area (Å²) < 4.78 is 4.83. The lowest BCUT2D eigenvalue weighted by Gasteiger charge is -2.12. The highest BCUT2D eigenvalue weighted by Crippen LogP contribution is 2.29. The van der Waals surface area contributed by atoms with Gasteiger partial charge in [-0.3, -0.25) is 20.2 Å². The number of carbonyl (C=O) groups excluding carboxylic acids is 1. The predicted molar refractivity (Wildman–Crippen MR) is 102 cm³/mol. The molecule has 29 heavy (non-hydrogen) atoms. The topological polar surface area (TPSA) is 138 Å². The Labute approximate surface area is 164 Å². The molecule has 3 rings (SSSR count). The van der Waals surface area contributed by atoms with Gasteiger partial charge in [0.1, 0.15) is 5.56 Å². The Balaban J connectivity index is 2.17. The number of rotatable bonds is 5. The highest BCUT2D eigenvalue weighted by atomic mass is 16.6. The molecule has 0 atom stereocenters. The number of nitro benzene ring substituents is 2. The van der Waals surface area contributed by atoms with Crippen LogP contribution in [-0.4, -0.2) is 32.9 Å². The number of non-ortho nitro benzene ring substituents is 2. The molecule has 0 N–H and O–H groups in total. The van der Waals surface area contributed by atoms with E-state index in [2.05, 4.69) is 9.97 Å². The van der Waals surface area contributed by atoms with E-state index in [9.17, 15) is 25.0 Å². The average molecular weight is 394 g/mol. The number of aryl methyl sites for hydroxylation is 1. The summed E-state index contributed by atoms with van der Waals surface area (Å²) in [5.74, 6) is -0.399. The molecule has 0 aliphatic carbocycles. The van der Waals surface area contributed by atoms with Crippen molar-refractivity contribution >= 4 is 17.3 Å². The van der Waals surface area contributed by atoms with Crippen molar-refractivity contribution in [1.82, 2.24) is 9.97 Å². The van der Waals surface area contributed by atoms with Crippen molar-refractivity contribution in [2.45, 2.75) is 6.92 Å². The highest BCUT2D eigenvalue weighted by molar-refractivity contribution is 5.97. The van der Waals surface area contributed by atoms with Crippen LogP contribution in [0.2, 0.25) is 0 Å². The lowest BCUT2D eigenvalue weighted by atomic mass is 10.0. The summed E-state index contributed by atoms with van der Waals surface area (Å²) in [5, 5.41) is 21.7. The monoisotopic (exact) mass is 394 g/mol. The number of carbonyl (C=O) groups is 1. The van der Waals surface area contributed by atoms with Crippen LogP contribution in [0.4, 0.5) is 11.4 Å². The van der Waals surface area contributed by atoms with Gasteiger partial charge in [-0.15, -0.1) is 0 Å². The van der Waals surface area contributed by atoms with Crippen molar-refractivity contribution in [1.29, 1.82) is 0 Å². The third-order valence-electron chi connectivity index (χ3n) is 4.17. The van der Waals surface area contributed by atoms with Crippen LogP contribution < -0.4 is 0 Å². The second kappa shape index (κ2) is 7.80. The summed E-state index contributed by atoms with van der Waals surface area (Å²) in [6.07, 6.45) is 0. The van der Waals surface area contributed by atoms with Gasteiger partial charge < -0.3 is 4.74 Å². The van der Waals surface area contributed by atoms with Crippen LogP contribution in [-0.2, 0) is 4.74 Å². The van der Waals surface area contributed by atoms with Crippen molar-refractivity contribution in [3.05, 3.63) is 80.0 Å². The van der Waals surface area contributed by atoms with E-state index in [4.69, 9.17) is 4.74 Å².